The van der Waals surface area contributed by atoms with Gasteiger partial charge in [-0.25, -0.2) is 14.4 Å². The molecule has 106 valence electrons. The summed E-state index contributed by atoms with van der Waals surface area (Å²) >= 11 is 0. The van der Waals surface area contributed by atoms with Gasteiger partial charge in [-0.2, -0.15) is 0 Å². The number of halogens is 1. The van der Waals surface area contributed by atoms with E-state index in [1.54, 1.807) is 0 Å². The van der Waals surface area contributed by atoms with Gasteiger partial charge in [-0.15, -0.1) is 0 Å². The Labute approximate surface area is 119 Å². The van der Waals surface area contributed by atoms with Crippen molar-refractivity contribution in [1.29, 1.82) is 0 Å². The summed E-state index contributed by atoms with van der Waals surface area (Å²) in [5.41, 5.74) is 2.36. The predicted molar refractivity (Wildman–Crippen MR) is 80.2 cm³/mol. The highest BCUT2D eigenvalue weighted by Gasteiger charge is 2.09. The average Bonchev–Trinajstić information content (AvgIpc) is 2.47. The minimum atomic E-state index is -0.388. The SMILES string of the molecule is CCCNc1ncc(F)c(-c2cccc(CCC)c2)n1. The lowest BCUT2D eigenvalue weighted by atomic mass is 10.0. The number of anilines is 1. The Hall–Kier alpha value is -1.97. The highest BCUT2D eigenvalue weighted by Crippen LogP contribution is 2.22. The van der Waals surface area contributed by atoms with Gasteiger partial charge in [-0.1, -0.05) is 38.5 Å². The molecule has 1 N–H and O–H groups in total. The van der Waals surface area contributed by atoms with Crippen LogP contribution in [0.4, 0.5) is 10.3 Å². The van der Waals surface area contributed by atoms with E-state index in [0.717, 1.165) is 31.4 Å². The number of nitrogens with zero attached hydrogens (tertiary/aromatic N) is 2. The van der Waals surface area contributed by atoms with E-state index in [9.17, 15) is 4.39 Å². The van der Waals surface area contributed by atoms with E-state index in [4.69, 9.17) is 0 Å². The van der Waals surface area contributed by atoms with Gasteiger partial charge < -0.3 is 5.32 Å². The van der Waals surface area contributed by atoms with Crippen molar-refractivity contribution in [2.45, 2.75) is 33.1 Å². The van der Waals surface area contributed by atoms with Gasteiger partial charge in [-0.3, -0.25) is 0 Å². The molecule has 0 saturated carbocycles. The van der Waals surface area contributed by atoms with Crippen LogP contribution in [0.25, 0.3) is 11.3 Å². The summed E-state index contributed by atoms with van der Waals surface area (Å²) in [6.07, 6.45) is 4.26. The maximum Gasteiger partial charge on any atom is 0.223 e. The number of nitrogens with one attached hydrogen (secondary N) is 1. The van der Waals surface area contributed by atoms with Crippen molar-refractivity contribution in [3.05, 3.63) is 41.8 Å². The first-order chi connectivity index (χ1) is 9.74. The Morgan fingerprint density at radius 2 is 2.05 bits per heavy atom. The molecule has 1 aromatic carbocycles. The van der Waals surface area contributed by atoms with E-state index in [1.165, 1.54) is 11.8 Å². The molecule has 0 bridgehead atoms. The molecule has 2 aromatic rings. The summed E-state index contributed by atoms with van der Waals surface area (Å²) in [4.78, 5) is 8.25. The third-order valence-corrected chi connectivity index (χ3v) is 3.02. The predicted octanol–water partition coefficient (Wildman–Crippen LogP) is 4.06. The lowest BCUT2D eigenvalue weighted by molar-refractivity contribution is 0.618. The molecule has 0 amide bonds. The molecule has 2 rings (SSSR count). The fourth-order valence-corrected chi connectivity index (χ4v) is 2.05. The molecule has 0 saturated heterocycles. The van der Waals surface area contributed by atoms with Crippen molar-refractivity contribution < 1.29 is 4.39 Å². The fourth-order valence-electron chi connectivity index (χ4n) is 2.05. The molecule has 20 heavy (non-hydrogen) atoms. The van der Waals surface area contributed by atoms with Crippen LogP contribution >= 0.6 is 0 Å². The second-order valence-corrected chi connectivity index (χ2v) is 4.77. The molecular formula is C16H20FN3. The minimum absolute atomic E-state index is 0.358. The Morgan fingerprint density at radius 1 is 1.20 bits per heavy atom. The lowest BCUT2D eigenvalue weighted by Crippen LogP contribution is -2.05. The molecule has 0 radical (unpaired) electrons. The average molecular weight is 273 g/mol. The van der Waals surface area contributed by atoms with Crippen molar-refractivity contribution >= 4 is 5.95 Å². The van der Waals surface area contributed by atoms with Crippen LogP contribution in [-0.2, 0) is 6.42 Å². The van der Waals surface area contributed by atoms with Gasteiger partial charge in [0.2, 0.25) is 5.95 Å². The van der Waals surface area contributed by atoms with E-state index >= 15 is 0 Å². The van der Waals surface area contributed by atoms with Crippen LogP contribution in [0.15, 0.2) is 30.5 Å². The first-order valence-electron chi connectivity index (χ1n) is 7.10. The largest absolute Gasteiger partial charge is 0.354 e. The van der Waals surface area contributed by atoms with Gasteiger partial charge in [0.05, 0.1) is 6.20 Å². The summed E-state index contributed by atoms with van der Waals surface area (Å²) in [6.45, 7) is 4.97. The zero-order valence-electron chi connectivity index (χ0n) is 12.0. The molecule has 0 aliphatic heterocycles. The molecule has 0 atom stereocenters. The van der Waals surface area contributed by atoms with Gasteiger partial charge in [0.25, 0.3) is 0 Å². The first-order valence-corrected chi connectivity index (χ1v) is 7.10. The van der Waals surface area contributed by atoms with E-state index in [2.05, 4.69) is 35.2 Å². The topological polar surface area (TPSA) is 37.8 Å². The summed E-state index contributed by atoms with van der Waals surface area (Å²) in [5.74, 6) is 0.0878. The van der Waals surface area contributed by atoms with E-state index < -0.39 is 0 Å². The van der Waals surface area contributed by atoms with Crippen molar-refractivity contribution in [3.8, 4) is 11.3 Å². The van der Waals surface area contributed by atoms with Crippen LogP contribution in [-0.4, -0.2) is 16.5 Å². The van der Waals surface area contributed by atoms with E-state index in [0.29, 0.717) is 11.6 Å². The van der Waals surface area contributed by atoms with Crippen molar-refractivity contribution in [2.24, 2.45) is 0 Å². The van der Waals surface area contributed by atoms with Crippen molar-refractivity contribution in [2.75, 3.05) is 11.9 Å². The van der Waals surface area contributed by atoms with Crippen LogP contribution in [0.3, 0.4) is 0 Å². The van der Waals surface area contributed by atoms with Crippen LogP contribution in [0.1, 0.15) is 32.3 Å². The molecule has 1 aromatic heterocycles. The maximum absolute atomic E-state index is 13.9. The normalized spacial score (nSPS) is 10.6. The zero-order valence-corrected chi connectivity index (χ0v) is 12.0. The van der Waals surface area contributed by atoms with Gasteiger partial charge in [-0.05, 0) is 24.5 Å². The quantitative estimate of drug-likeness (QED) is 0.862. The van der Waals surface area contributed by atoms with E-state index in [1.807, 2.05) is 18.2 Å². The second-order valence-electron chi connectivity index (χ2n) is 4.77. The molecule has 0 unspecified atom stereocenters. The van der Waals surface area contributed by atoms with Crippen molar-refractivity contribution in [1.82, 2.24) is 9.97 Å². The Kier molecular flexibility index (Phi) is 5.04. The van der Waals surface area contributed by atoms with Crippen LogP contribution in [0.2, 0.25) is 0 Å². The Bertz CT molecular complexity index is 569. The Balaban J connectivity index is 2.32. The lowest BCUT2D eigenvalue weighted by Gasteiger charge is -2.08. The summed E-state index contributed by atoms with van der Waals surface area (Å²) in [7, 11) is 0. The van der Waals surface area contributed by atoms with Crippen LogP contribution < -0.4 is 5.32 Å². The van der Waals surface area contributed by atoms with Gasteiger partial charge in [0.1, 0.15) is 5.69 Å². The fraction of sp³-hybridized carbons (Fsp3) is 0.375. The summed E-state index contributed by atoms with van der Waals surface area (Å²) < 4.78 is 13.9. The third-order valence-electron chi connectivity index (χ3n) is 3.02. The maximum atomic E-state index is 13.9. The number of benzene rings is 1. The number of rotatable bonds is 6. The minimum Gasteiger partial charge on any atom is -0.354 e. The Morgan fingerprint density at radius 3 is 2.80 bits per heavy atom. The molecule has 0 aliphatic rings. The molecular weight excluding hydrogens is 253 g/mol. The summed E-state index contributed by atoms with van der Waals surface area (Å²) in [5, 5.41) is 3.08. The van der Waals surface area contributed by atoms with Crippen LogP contribution in [0, 0.1) is 5.82 Å². The van der Waals surface area contributed by atoms with Gasteiger partial charge in [0, 0.05) is 12.1 Å². The third kappa shape index (κ3) is 3.53. The monoisotopic (exact) mass is 273 g/mol. The zero-order chi connectivity index (χ0) is 14.4. The number of hydrogen-bond acceptors (Lipinski definition) is 3. The number of hydrogen-bond donors (Lipinski definition) is 1. The van der Waals surface area contributed by atoms with Gasteiger partial charge in [0.15, 0.2) is 5.82 Å². The molecule has 0 fully saturated rings. The molecule has 0 spiro atoms. The first kappa shape index (κ1) is 14.4. The van der Waals surface area contributed by atoms with Crippen LogP contribution in [0.5, 0.6) is 0 Å². The molecule has 4 heteroatoms. The number of aryl methyl sites for hydroxylation is 1. The second kappa shape index (κ2) is 6.98. The molecule has 1 heterocycles. The standard InChI is InChI=1S/C16H20FN3/c1-3-6-12-7-5-8-13(10-12)15-14(17)11-19-16(20-15)18-9-4-2/h5,7-8,10-11H,3-4,6,9H2,1-2H3,(H,18,19,20). The molecule has 0 aliphatic carbocycles. The highest BCUT2D eigenvalue weighted by molar-refractivity contribution is 5.61. The number of aromatic nitrogens is 2. The van der Waals surface area contributed by atoms with E-state index in [-0.39, 0.29) is 5.82 Å². The molecule has 3 nitrogen and oxygen atoms in total. The van der Waals surface area contributed by atoms with Gasteiger partial charge >= 0.3 is 0 Å². The summed E-state index contributed by atoms with van der Waals surface area (Å²) in [6, 6.07) is 7.88. The highest BCUT2D eigenvalue weighted by atomic mass is 19.1. The van der Waals surface area contributed by atoms with Crippen molar-refractivity contribution in [3.63, 3.8) is 0 Å². The smallest absolute Gasteiger partial charge is 0.223 e.